The van der Waals surface area contributed by atoms with Gasteiger partial charge in [-0.3, -0.25) is 14.6 Å². The molecule has 28 heavy (non-hydrogen) atoms. The van der Waals surface area contributed by atoms with E-state index in [9.17, 15) is 14.0 Å². The van der Waals surface area contributed by atoms with Gasteiger partial charge in [-0.15, -0.1) is 0 Å². The fraction of sp³-hybridized carbons (Fsp3) is 0.550. The van der Waals surface area contributed by atoms with Gasteiger partial charge in [-0.05, 0) is 43.5 Å². The van der Waals surface area contributed by atoms with Crippen molar-refractivity contribution in [3.8, 4) is 0 Å². The number of guanidine groups is 1. The Morgan fingerprint density at radius 1 is 1.18 bits per heavy atom. The van der Waals surface area contributed by atoms with Crippen LogP contribution in [0.15, 0.2) is 29.3 Å². The summed E-state index contributed by atoms with van der Waals surface area (Å²) in [5.74, 6) is 0.404. The topological polar surface area (TPSA) is 85.8 Å². The normalized spacial score (nSPS) is 20.3. The van der Waals surface area contributed by atoms with Crippen LogP contribution in [0.2, 0.25) is 0 Å². The molecule has 2 aliphatic rings. The van der Waals surface area contributed by atoms with Gasteiger partial charge in [0.2, 0.25) is 11.8 Å². The standard InChI is InChI=1S/C20H28FN5O2/c1-22-20(23-12-18(27)24-16-8-6-15(21)7-9-16)25-17-10-11-26(13-17)19(28)14-4-2-3-5-14/h6-9,14,17H,2-5,10-13H2,1H3,(H,24,27)(H2,22,23,25). The molecule has 2 amide bonds. The van der Waals surface area contributed by atoms with E-state index < -0.39 is 0 Å². The zero-order valence-electron chi connectivity index (χ0n) is 16.2. The predicted octanol–water partition coefficient (Wildman–Crippen LogP) is 1.72. The average Bonchev–Trinajstić information content (AvgIpc) is 3.38. The molecule has 8 heteroatoms. The van der Waals surface area contributed by atoms with Crippen molar-refractivity contribution in [2.75, 3.05) is 32.0 Å². The molecular formula is C20H28FN5O2. The lowest BCUT2D eigenvalue weighted by Crippen LogP contribution is -2.47. The number of hydrogen-bond donors (Lipinski definition) is 3. The van der Waals surface area contributed by atoms with Crippen LogP contribution < -0.4 is 16.0 Å². The van der Waals surface area contributed by atoms with Crippen molar-refractivity contribution in [2.45, 2.75) is 38.1 Å². The number of anilines is 1. The van der Waals surface area contributed by atoms with Crippen LogP contribution in [0.25, 0.3) is 0 Å². The van der Waals surface area contributed by atoms with Crippen LogP contribution in [0.5, 0.6) is 0 Å². The van der Waals surface area contributed by atoms with Crippen molar-refractivity contribution >= 4 is 23.5 Å². The first-order chi connectivity index (χ1) is 13.5. The van der Waals surface area contributed by atoms with E-state index in [1.54, 1.807) is 7.05 Å². The highest BCUT2D eigenvalue weighted by molar-refractivity contribution is 5.95. The average molecular weight is 389 g/mol. The summed E-state index contributed by atoms with van der Waals surface area (Å²) in [6.45, 7) is 1.46. The van der Waals surface area contributed by atoms with Gasteiger partial charge in [0.05, 0.1) is 6.54 Å². The van der Waals surface area contributed by atoms with Gasteiger partial charge in [0.25, 0.3) is 0 Å². The number of benzene rings is 1. The molecule has 3 rings (SSSR count). The highest BCUT2D eigenvalue weighted by Gasteiger charge is 2.32. The van der Waals surface area contributed by atoms with Crippen LogP contribution in [-0.4, -0.2) is 55.4 Å². The molecule has 1 atom stereocenters. The van der Waals surface area contributed by atoms with Crippen molar-refractivity contribution in [1.82, 2.24) is 15.5 Å². The summed E-state index contributed by atoms with van der Waals surface area (Å²) in [5.41, 5.74) is 0.535. The summed E-state index contributed by atoms with van der Waals surface area (Å²) in [6.07, 6.45) is 5.20. The third-order valence-corrected chi connectivity index (χ3v) is 5.31. The van der Waals surface area contributed by atoms with Crippen LogP contribution in [0.1, 0.15) is 32.1 Å². The number of rotatable bonds is 5. The SMILES string of the molecule is CN=C(NCC(=O)Nc1ccc(F)cc1)NC1CCN(C(=O)C2CCCC2)C1. The van der Waals surface area contributed by atoms with Crippen molar-refractivity contribution in [2.24, 2.45) is 10.9 Å². The monoisotopic (exact) mass is 389 g/mol. The van der Waals surface area contributed by atoms with Crippen LogP contribution >= 0.6 is 0 Å². The minimum Gasteiger partial charge on any atom is -0.352 e. The summed E-state index contributed by atoms with van der Waals surface area (Å²) >= 11 is 0. The third kappa shape index (κ3) is 5.43. The number of amides is 2. The van der Waals surface area contributed by atoms with E-state index in [-0.39, 0.29) is 36.1 Å². The molecular weight excluding hydrogens is 361 g/mol. The number of halogens is 1. The summed E-state index contributed by atoms with van der Waals surface area (Å²) in [6, 6.07) is 5.73. The molecule has 152 valence electrons. The summed E-state index contributed by atoms with van der Waals surface area (Å²) in [4.78, 5) is 30.7. The lowest BCUT2D eigenvalue weighted by Gasteiger charge is -2.21. The molecule has 3 N–H and O–H groups in total. The molecule has 1 aliphatic carbocycles. The largest absolute Gasteiger partial charge is 0.352 e. The molecule has 1 heterocycles. The molecule has 1 aromatic rings. The smallest absolute Gasteiger partial charge is 0.243 e. The molecule has 0 radical (unpaired) electrons. The second-order valence-corrected chi connectivity index (χ2v) is 7.38. The first kappa shape index (κ1) is 20.1. The lowest BCUT2D eigenvalue weighted by atomic mass is 10.1. The van der Waals surface area contributed by atoms with Gasteiger partial charge >= 0.3 is 0 Å². The van der Waals surface area contributed by atoms with Crippen molar-refractivity contribution in [3.05, 3.63) is 30.1 Å². The van der Waals surface area contributed by atoms with E-state index in [1.165, 1.54) is 24.3 Å². The zero-order chi connectivity index (χ0) is 19.9. The minimum absolute atomic E-state index is 0.0362. The molecule has 1 saturated carbocycles. The summed E-state index contributed by atoms with van der Waals surface area (Å²) in [5, 5.41) is 8.95. The van der Waals surface area contributed by atoms with Crippen LogP contribution in [-0.2, 0) is 9.59 Å². The van der Waals surface area contributed by atoms with Crippen LogP contribution in [0, 0.1) is 11.7 Å². The number of carbonyl (C=O) groups excluding carboxylic acids is 2. The number of nitrogens with zero attached hydrogens (tertiary/aromatic N) is 2. The molecule has 0 spiro atoms. The molecule has 1 aliphatic heterocycles. The lowest BCUT2D eigenvalue weighted by molar-refractivity contribution is -0.134. The van der Waals surface area contributed by atoms with Crippen LogP contribution in [0.4, 0.5) is 10.1 Å². The molecule has 1 aromatic carbocycles. The van der Waals surface area contributed by atoms with E-state index in [2.05, 4.69) is 20.9 Å². The van der Waals surface area contributed by atoms with Gasteiger partial charge in [-0.25, -0.2) is 4.39 Å². The van der Waals surface area contributed by atoms with E-state index >= 15 is 0 Å². The highest BCUT2D eigenvalue weighted by atomic mass is 19.1. The Balaban J connectivity index is 1.41. The third-order valence-electron chi connectivity index (χ3n) is 5.31. The van der Waals surface area contributed by atoms with Gasteiger partial charge in [0, 0.05) is 37.8 Å². The molecule has 1 unspecified atom stereocenters. The van der Waals surface area contributed by atoms with Gasteiger partial charge < -0.3 is 20.9 Å². The van der Waals surface area contributed by atoms with Gasteiger partial charge in [-0.2, -0.15) is 0 Å². The summed E-state index contributed by atoms with van der Waals surface area (Å²) in [7, 11) is 1.64. The van der Waals surface area contributed by atoms with Crippen molar-refractivity contribution < 1.29 is 14.0 Å². The number of nitrogens with one attached hydrogen (secondary N) is 3. The van der Waals surface area contributed by atoms with E-state index in [0.717, 1.165) is 38.6 Å². The Morgan fingerprint density at radius 2 is 1.89 bits per heavy atom. The Kier molecular flexibility index (Phi) is 6.84. The maximum absolute atomic E-state index is 12.9. The fourth-order valence-corrected chi connectivity index (χ4v) is 3.80. The maximum Gasteiger partial charge on any atom is 0.243 e. The Labute approximate surface area is 164 Å². The number of likely N-dealkylation sites (tertiary alicyclic amines) is 1. The Morgan fingerprint density at radius 3 is 2.57 bits per heavy atom. The second-order valence-electron chi connectivity index (χ2n) is 7.38. The highest BCUT2D eigenvalue weighted by Crippen LogP contribution is 2.27. The Bertz CT molecular complexity index is 716. The van der Waals surface area contributed by atoms with E-state index in [0.29, 0.717) is 18.2 Å². The van der Waals surface area contributed by atoms with Crippen molar-refractivity contribution in [3.63, 3.8) is 0 Å². The van der Waals surface area contributed by atoms with Crippen LogP contribution in [0.3, 0.4) is 0 Å². The van der Waals surface area contributed by atoms with E-state index in [4.69, 9.17) is 0 Å². The molecule has 7 nitrogen and oxygen atoms in total. The first-order valence-corrected chi connectivity index (χ1v) is 9.86. The number of hydrogen-bond acceptors (Lipinski definition) is 3. The second kappa shape index (κ2) is 9.52. The zero-order valence-corrected chi connectivity index (χ0v) is 16.2. The summed E-state index contributed by atoms with van der Waals surface area (Å²) < 4.78 is 12.9. The fourth-order valence-electron chi connectivity index (χ4n) is 3.80. The minimum atomic E-state index is -0.349. The molecule has 0 bridgehead atoms. The van der Waals surface area contributed by atoms with E-state index in [1.807, 2.05) is 4.90 Å². The number of carbonyl (C=O) groups is 2. The number of aliphatic imine (C=N–C) groups is 1. The van der Waals surface area contributed by atoms with Gasteiger partial charge in [-0.1, -0.05) is 12.8 Å². The predicted molar refractivity (Wildman–Crippen MR) is 106 cm³/mol. The van der Waals surface area contributed by atoms with Crippen molar-refractivity contribution in [1.29, 1.82) is 0 Å². The first-order valence-electron chi connectivity index (χ1n) is 9.86. The maximum atomic E-state index is 12.9. The molecule has 2 fully saturated rings. The quantitative estimate of drug-likeness (QED) is 0.529. The van der Waals surface area contributed by atoms with Gasteiger partial charge in [0.1, 0.15) is 5.82 Å². The van der Waals surface area contributed by atoms with Gasteiger partial charge in [0.15, 0.2) is 5.96 Å². The molecule has 1 saturated heterocycles. The molecule has 0 aromatic heterocycles. The Hall–Kier alpha value is -2.64.